The molecule has 0 saturated heterocycles. The number of rotatable bonds is 4. The van der Waals surface area contributed by atoms with Crippen molar-refractivity contribution >= 4 is 17.5 Å². The lowest BCUT2D eigenvalue weighted by Gasteiger charge is -2.11. The van der Waals surface area contributed by atoms with E-state index >= 15 is 0 Å². The zero-order valence-electron chi connectivity index (χ0n) is 11.6. The molecule has 106 valence electrons. The molecule has 0 fully saturated rings. The predicted molar refractivity (Wildman–Crippen MR) is 77.5 cm³/mol. The Labute approximate surface area is 117 Å². The predicted octanol–water partition coefficient (Wildman–Crippen LogP) is 0.762. The number of nitrogens with one attached hydrogen (secondary N) is 1. The number of hydrogen-bond acceptors (Lipinski definition) is 5. The maximum absolute atomic E-state index is 12.0. The lowest BCUT2D eigenvalue weighted by Crippen LogP contribution is -2.18. The van der Waals surface area contributed by atoms with E-state index in [2.05, 4.69) is 15.5 Å². The van der Waals surface area contributed by atoms with Gasteiger partial charge in [0.2, 0.25) is 11.9 Å². The molecule has 1 aromatic heterocycles. The second-order valence-electron chi connectivity index (χ2n) is 4.66. The normalized spacial score (nSPS) is 10.5. The average molecular weight is 274 g/mol. The summed E-state index contributed by atoms with van der Waals surface area (Å²) in [4.78, 5) is 12.0. The van der Waals surface area contributed by atoms with Crippen LogP contribution < -0.4 is 16.9 Å². The van der Waals surface area contributed by atoms with Crippen LogP contribution in [-0.4, -0.2) is 20.8 Å². The van der Waals surface area contributed by atoms with Crippen LogP contribution in [0, 0.1) is 13.8 Å². The molecule has 1 heterocycles. The number of amides is 1. The van der Waals surface area contributed by atoms with Crippen LogP contribution >= 0.6 is 0 Å². The molecule has 0 spiro atoms. The number of anilines is 2. The van der Waals surface area contributed by atoms with Gasteiger partial charge in [0.1, 0.15) is 0 Å². The Hall–Kier alpha value is -2.57. The molecule has 2 aromatic rings. The summed E-state index contributed by atoms with van der Waals surface area (Å²) in [5.41, 5.74) is 8.39. The highest BCUT2D eigenvalue weighted by molar-refractivity contribution is 5.92. The fourth-order valence-electron chi connectivity index (χ4n) is 1.95. The van der Waals surface area contributed by atoms with E-state index in [0.29, 0.717) is 12.2 Å². The van der Waals surface area contributed by atoms with Gasteiger partial charge in [0.15, 0.2) is 5.82 Å². The number of hydrogen-bond donors (Lipinski definition) is 3. The number of nitrogens with zero attached hydrogens (tertiary/aromatic N) is 3. The molecule has 0 aliphatic heterocycles. The van der Waals surface area contributed by atoms with Crippen molar-refractivity contribution in [2.75, 3.05) is 16.9 Å². The van der Waals surface area contributed by atoms with Crippen molar-refractivity contribution < 1.29 is 4.79 Å². The molecule has 0 unspecified atom stereocenters. The van der Waals surface area contributed by atoms with Crippen molar-refractivity contribution in [3.63, 3.8) is 0 Å². The highest BCUT2D eigenvalue weighted by Gasteiger charge is 2.11. The topological polar surface area (TPSA) is 112 Å². The Morgan fingerprint density at radius 3 is 2.50 bits per heavy atom. The number of aromatic nitrogens is 3. The van der Waals surface area contributed by atoms with E-state index in [4.69, 9.17) is 11.6 Å². The molecule has 2 rings (SSSR count). The van der Waals surface area contributed by atoms with E-state index in [1.165, 1.54) is 4.68 Å². The molecule has 0 saturated carbocycles. The molecule has 0 atom stereocenters. The molecule has 0 radical (unpaired) electrons. The van der Waals surface area contributed by atoms with E-state index in [1.54, 1.807) is 0 Å². The fraction of sp³-hybridized carbons (Fsp3) is 0.308. The lowest BCUT2D eigenvalue weighted by atomic mass is 10.1. The van der Waals surface area contributed by atoms with Crippen LogP contribution in [-0.2, 0) is 11.2 Å². The SMILES string of the molecule is Cc1cccc(C)c1NC(=O)CCc1nnc(N)n1N. The van der Waals surface area contributed by atoms with Crippen molar-refractivity contribution in [3.8, 4) is 0 Å². The van der Waals surface area contributed by atoms with Crippen molar-refractivity contribution in [3.05, 3.63) is 35.2 Å². The smallest absolute Gasteiger partial charge is 0.240 e. The van der Waals surface area contributed by atoms with E-state index in [-0.39, 0.29) is 18.3 Å². The van der Waals surface area contributed by atoms with Crippen molar-refractivity contribution in [2.24, 2.45) is 0 Å². The first-order valence-electron chi connectivity index (χ1n) is 6.30. The largest absolute Gasteiger partial charge is 0.366 e. The minimum Gasteiger partial charge on any atom is -0.366 e. The van der Waals surface area contributed by atoms with Gasteiger partial charge in [-0.3, -0.25) is 4.79 Å². The molecule has 0 bridgehead atoms. The van der Waals surface area contributed by atoms with Gasteiger partial charge < -0.3 is 16.9 Å². The Kier molecular flexibility index (Phi) is 3.88. The molecule has 7 heteroatoms. The third kappa shape index (κ3) is 2.87. The summed E-state index contributed by atoms with van der Waals surface area (Å²) in [7, 11) is 0. The van der Waals surface area contributed by atoms with Crippen LogP contribution in [0.5, 0.6) is 0 Å². The first-order chi connectivity index (χ1) is 9.49. The lowest BCUT2D eigenvalue weighted by molar-refractivity contribution is -0.116. The third-order valence-corrected chi connectivity index (χ3v) is 3.11. The number of nitrogen functional groups attached to an aromatic ring is 2. The van der Waals surface area contributed by atoms with Crippen LogP contribution in [0.25, 0.3) is 0 Å². The van der Waals surface area contributed by atoms with Gasteiger partial charge in [0.25, 0.3) is 0 Å². The average Bonchev–Trinajstić information content (AvgIpc) is 2.72. The second kappa shape index (κ2) is 5.60. The number of carbonyl (C=O) groups excluding carboxylic acids is 1. The maximum Gasteiger partial charge on any atom is 0.240 e. The van der Waals surface area contributed by atoms with E-state index in [9.17, 15) is 4.79 Å². The van der Waals surface area contributed by atoms with Crippen molar-refractivity contribution in [2.45, 2.75) is 26.7 Å². The van der Waals surface area contributed by atoms with Gasteiger partial charge in [-0.25, -0.2) is 4.68 Å². The summed E-state index contributed by atoms with van der Waals surface area (Å²) in [6.45, 7) is 3.92. The van der Waals surface area contributed by atoms with Gasteiger partial charge in [-0.15, -0.1) is 10.2 Å². The zero-order chi connectivity index (χ0) is 14.7. The van der Waals surface area contributed by atoms with Crippen LogP contribution in [0.2, 0.25) is 0 Å². The van der Waals surface area contributed by atoms with Gasteiger partial charge in [-0.05, 0) is 25.0 Å². The Balaban J connectivity index is 1.98. The van der Waals surface area contributed by atoms with Crippen molar-refractivity contribution in [1.82, 2.24) is 14.9 Å². The molecule has 1 aromatic carbocycles. The first-order valence-corrected chi connectivity index (χ1v) is 6.30. The number of nitrogens with two attached hydrogens (primary N) is 2. The summed E-state index contributed by atoms with van der Waals surface area (Å²) < 4.78 is 1.19. The molecular formula is C13H18N6O. The molecule has 0 aliphatic rings. The van der Waals surface area contributed by atoms with E-state index in [0.717, 1.165) is 16.8 Å². The summed E-state index contributed by atoms with van der Waals surface area (Å²) in [5.74, 6) is 6.15. The number of benzene rings is 1. The van der Waals surface area contributed by atoms with Gasteiger partial charge >= 0.3 is 0 Å². The molecule has 0 aliphatic carbocycles. The summed E-state index contributed by atoms with van der Waals surface area (Å²) in [5, 5.41) is 10.4. The fourth-order valence-corrected chi connectivity index (χ4v) is 1.95. The van der Waals surface area contributed by atoms with E-state index < -0.39 is 0 Å². The van der Waals surface area contributed by atoms with Gasteiger partial charge in [0.05, 0.1) is 0 Å². The van der Waals surface area contributed by atoms with Crippen LogP contribution in [0.3, 0.4) is 0 Å². The summed E-state index contributed by atoms with van der Waals surface area (Å²) in [6.07, 6.45) is 0.653. The third-order valence-electron chi connectivity index (χ3n) is 3.11. The van der Waals surface area contributed by atoms with Crippen LogP contribution in [0.15, 0.2) is 18.2 Å². The molecule has 20 heavy (non-hydrogen) atoms. The van der Waals surface area contributed by atoms with Crippen LogP contribution in [0.1, 0.15) is 23.4 Å². The quantitative estimate of drug-likeness (QED) is 0.713. The highest BCUT2D eigenvalue weighted by Crippen LogP contribution is 2.19. The second-order valence-corrected chi connectivity index (χ2v) is 4.66. The Morgan fingerprint density at radius 2 is 1.95 bits per heavy atom. The van der Waals surface area contributed by atoms with Gasteiger partial charge in [0, 0.05) is 18.5 Å². The first kappa shape index (κ1) is 13.9. The number of carbonyl (C=O) groups is 1. The maximum atomic E-state index is 12.0. The molecule has 5 N–H and O–H groups in total. The highest BCUT2D eigenvalue weighted by atomic mass is 16.1. The Morgan fingerprint density at radius 1 is 1.30 bits per heavy atom. The Bertz CT molecular complexity index is 614. The summed E-state index contributed by atoms with van der Waals surface area (Å²) in [6, 6.07) is 5.87. The number of para-hydroxylation sites is 1. The zero-order valence-corrected chi connectivity index (χ0v) is 11.6. The molecular weight excluding hydrogens is 256 g/mol. The molecule has 7 nitrogen and oxygen atoms in total. The van der Waals surface area contributed by atoms with Gasteiger partial charge in [-0.2, -0.15) is 0 Å². The van der Waals surface area contributed by atoms with E-state index in [1.807, 2.05) is 32.0 Å². The monoisotopic (exact) mass is 274 g/mol. The van der Waals surface area contributed by atoms with Crippen molar-refractivity contribution in [1.29, 1.82) is 0 Å². The minimum absolute atomic E-state index is 0.0935. The summed E-state index contributed by atoms with van der Waals surface area (Å²) >= 11 is 0. The van der Waals surface area contributed by atoms with Crippen LogP contribution in [0.4, 0.5) is 11.6 Å². The standard InChI is InChI=1S/C13H18N6O/c1-8-4-3-5-9(2)12(8)16-11(20)7-6-10-17-18-13(14)19(10)15/h3-5H,6-7,15H2,1-2H3,(H2,14,18)(H,16,20). The number of aryl methyl sites for hydroxylation is 3. The minimum atomic E-state index is -0.0935. The van der Waals surface area contributed by atoms with Gasteiger partial charge in [-0.1, -0.05) is 18.2 Å². The molecule has 1 amide bonds.